The van der Waals surface area contributed by atoms with Gasteiger partial charge < -0.3 is 19.6 Å². The molecule has 0 radical (unpaired) electrons. The van der Waals surface area contributed by atoms with E-state index in [1.54, 1.807) is 48.8 Å². The van der Waals surface area contributed by atoms with Crippen molar-refractivity contribution in [3.63, 3.8) is 0 Å². The molecule has 196 valence electrons. The van der Waals surface area contributed by atoms with Crippen LogP contribution in [0.4, 0.5) is 11.4 Å². The van der Waals surface area contributed by atoms with Crippen LogP contribution in [0.2, 0.25) is 0 Å². The van der Waals surface area contributed by atoms with Crippen molar-refractivity contribution >= 4 is 28.8 Å². The number of benzene rings is 2. The van der Waals surface area contributed by atoms with E-state index in [2.05, 4.69) is 21.8 Å². The second-order valence-electron chi connectivity index (χ2n) is 9.95. The van der Waals surface area contributed by atoms with E-state index in [0.717, 1.165) is 31.9 Å². The average molecular weight is 513 g/mol. The molecule has 2 fully saturated rings. The molecule has 2 saturated heterocycles. The van der Waals surface area contributed by atoms with Gasteiger partial charge in [0.2, 0.25) is 0 Å². The number of aliphatic hydroxyl groups excluding tert-OH is 1. The summed E-state index contributed by atoms with van der Waals surface area (Å²) in [6.45, 7) is 7.70. The molecule has 0 aliphatic carbocycles. The molecule has 3 aromatic rings. The lowest BCUT2D eigenvalue weighted by molar-refractivity contribution is -0.132. The maximum atomic E-state index is 13.4. The number of rotatable bonds is 6. The molecule has 5 rings (SSSR count). The highest BCUT2D eigenvalue weighted by molar-refractivity contribution is 6.51. The third-order valence-corrected chi connectivity index (χ3v) is 6.96. The number of anilines is 2. The Labute approximate surface area is 222 Å². The summed E-state index contributed by atoms with van der Waals surface area (Å²) >= 11 is 0. The van der Waals surface area contributed by atoms with Crippen LogP contribution in [0, 0.1) is 0 Å². The van der Waals surface area contributed by atoms with Crippen molar-refractivity contribution in [2.45, 2.75) is 26.0 Å². The van der Waals surface area contributed by atoms with E-state index in [4.69, 9.17) is 4.74 Å². The normalized spacial score (nSPS) is 19.8. The first-order valence-electron chi connectivity index (χ1n) is 12.8. The van der Waals surface area contributed by atoms with Gasteiger partial charge in [-0.25, -0.2) is 0 Å². The summed E-state index contributed by atoms with van der Waals surface area (Å²) in [6.07, 6.45) is 3.24. The molecule has 38 heavy (non-hydrogen) atoms. The summed E-state index contributed by atoms with van der Waals surface area (Å²) in [7, 11) is 2.12. The fraction of sp³-hybridized carbons (Fsp3) is 0.300. The third kappa shape index (κ3) is 4.99. The van der Waals surface area contributed by atoms with Crippen LogP contribution in [0.3, 0.4) is 0 Å². The van der Waals surface area contributed by atoms with Crippen LogP contribution in [-0.2, 0) is 9.59 Å². The number of piperazine rings is 1. The summed E-state index contributed by atoms with van der Waals surface area (Å²) in [5.74, 6) is -0.976. The van der Waals surface area contributed by atoms with E-state index < -0.39 is 17.7 Å². The molecule has 2 aromatic carbocycles. The zero-order valence-electron chi connectivity index (χ0n) is 21.9. The Hall–Kier alpha value is -4.17. The molecule has 1 amide bonds. The second-order valence-corrected chi connectivity index (χ2v) is 9.95. The summed E-state index contributed by atoms with van der Waals surface area (Å²) in [4.78, 5) is 37.0. The summed E-state index contributed by atoms with van der Waals surface area (Å²) in [5.41, 5.74) is 2.82. The van der Waals surface area contributed by atoms with Gasteiger partial charge in [0, 0.05) is 55.5 Å². The van der Waals surface area contributed by atoms with Gasteiger partial charge in [-0.15, -0.1) is 0 Å². The van der Waals surface area contributed by atoms with Crippen molar-refractivity contribution in [3.8, 4) is 5.75 Å². The molecule has 1 unspecified atom stereocenters. The highest BCUT2D eigenvalue weighted by Crippen LogP contribution is 2.42. The Kier molecular flexibility index (Phi) is 7.15. The van der Waals surface area contributed by atoms with Gasteiger partial charge in [0.1, 0.15) is 11.5 Å². The van der Waals surface area contributed by atoms with Crippen molar-refractivity contribution in [3.05, 3.63) is 89.8 Å². The van der Waals surface area contributed by atoms with Gasteiger partial charge >= 0.3 is 0 Å². The number of likely N-dealkylation sites (N-methyl/N-ethyl adjacent to an activating group) is 1. The van der Waals surface area contributed by atoms with Crippen molar-refractivity contribution in [1.82, 2.24) is 9.88 Å². The number of Topliss-reactive ketones (excluding diaryl/α,β-unsaturated/α-hetero) is 1. The molecule has 2 aliphatic rings. The highest BCUT2D eigenvalue weighted by atomic mass is 16.5. The number of aliphatic hydroxyl groups is 1. The van der Waals surface area contributed by atoms with Crippen molar-refractivity contribution in [2.24, 2.45) is 0 Å². The van der Waals surface area contributed by atoms with E-state index in [9.17, 15) is 14.7 Å². The van der Waals surface area contributed by atoms with E-state index in [0.29, 0.717) is 22.6 Å². The van der Waals surface area contributed by atoms with Gasteiger partial charge in [-0.05, 0) is 87.1 Å². The van der Waals surface area contributed by atoms with Gasteiger partial charge in [0.15, 0.2) is 0 Å². The lowest BCUT2D eigenvalue weighted by Gasteiger charge is -2.34. The molecule has 3 heterocycles. The summed E-state index contributed by atoms with van der Waals surface area (Å²) in [6, 6.07) is 17.3. The predicted octanol–water partition coefficient (Wildman–Crippen LogP) is 4.25. The Morgan fingerprint density at radius 1 is 0.895 bits per heavy atom. The zero-order valence-corrected chi connectivity index (χ0v) is 21.9. The topological polar surface area (TPSA) is 86.2 Å². The van der Waals surface area contributed by atoms with E-state index >= 15 is 0 Å². The second kappa shape index (κ2) is 10.7. The fourth-order valence-electron chi connectivity index (χ4n) is 4.97. The average Bonchev–Trinajstić information content (AvgIpc) is 3.19. The molecule has 0 spiro atoms. The van der Waals surface area contributed by atoms with Crippen LogP contribution < -0.4 is 14.5 Å². The van der Waals surface area contributed by atoms with E-state index in [1.165, 1.54) is 4.90 Å². The molecular weight excluding hydrogens is 480 g/mol. The number of hydrogen-bond donors (Lipinski definition) is 1. The minimum absolute atomic E-state index is 0.00843. The highest BCUT2D eigenvalue weighted by Gasteiger charge is 2.47. The molecular formula is C30H32N4O4. The van der Waals surface area contributed by atoms with Gasteiger partial charge in [-0.2, -0.15) is 0 Å². The number of carbonyl (C=O) groups excluding carboxylic acids is 2. The van der Waals surface area contributed by atoms with Gasteiger partial charge in [-0.1, -0.05) is 0 Å². The van der Waals surface area contributed by atoms with Crippen LogP contribution in [0.1, 0.15) is 31.0 Å². The predicted molar refractivity (Wildman–Crippen MR) is 147 cm³/mol. The monoisotopic (exact) mass is 512 g/mol. The fourth-order valence-corrected chi connectivity index (χ4v) is 4.97. The number of aromatic nitrogens is 1. The maximum Gasteiger partial charge on any atom is 0.300 e. The molecule has 1 atom stereocenters. The molecule has 1 aromatic heterocycles. The molecule has 1 N–H and O–H groups in total. The number of ketones is 1. The molecule has 0 saturated carbocycles. The minimum atomic E-state index is -0.793. The lowest BCUT2D eigenvalue weighted by atomic mass is 9.95. The summed E-state index contributed by atoms with van der Waals surface area (Å²) < 4.78 is 5.70. The Balaban J connectivity index is 1.53. The van der Waals surface area contributed by atoms with Crippen LogP contribution in [-0.4, -0.2) is 66.0 Å². The number of ether oxygens (including phenoxy) is 1. The van der Waals surface area contributed by atoms with Crippen molar-refractivity contribution < 1.29 is 19.4 Å². The standard InChI is InChI=1S/C30H32N4O4/c1-20(2)38-25-10-4-22(5-11-25)28(35)26-27(21-12-14-31-15-13-21)34(30(37)29(26)36)24-8-6-23(7-9-24)33-18-16-32(3)17-19-33/h4-15,20,27,35H,16-19H2,1-3H3/b28-26+. The van der Waals surface area contributed by atoms with Crippen molar-refractivity contribution in [2.75, 3.05) is 43.0 Å². The number of hydrogen-bond acceptors (Lipinski definition) is 7. The van der Waals surface area contributed by atoms with E-state index in [1.807, 2.05) is 38.1 Å². The Morgan fingerprint density at radius 2 is 1.50 bits per heavy atom. The van der Waals surface area contributed by atoms with Gasteiger partial charge in [0.05, 0.1) is 17.7 Å². The van der Waals surface area contributed by atoms with Crippen LogP contribution in [0.25, 0.3) is 5.76 Å². The largest absolute Gasteiger partial charge is 0.507 e. The Morgan fingerprint density at radius 3 is 2.11 bits per heavy atom. The van der Waals surface area contributed by atoms with Crippen LogP contribution >= 0.6 is 0 Å². The number of carbonyl (C=O) groups is 2. The van der Waals surface area contributed by atoms with Gasteiger partial charge in [-0.3, -0.25) is 19.5 Å². The number of amides is 1. The molecule has 2 aliphatic heterocycles. The molecule has 8 nitrogen and oxygen atoms in total. The zero-order chi connectivity index (χ0) is 26.8. The molecule has 8 heteroatoms. The number of nitrogens with zero attached hydrogens (tertiary/aromatic N) is 4. The minimum Gasteiger partial charge on any atom is -0.507 e. The number of pyridine rings is 1. The molecule has 0 bridgehead atoms. The Bertz CT molecular complexity index is 1330. The van der Waals surface area contributed by atoms with Gasteiger partial charge in [0.25, 0.3) is 11.7 Å². The smallest absolute Gasteiger partial charge is 0.300 e. The first-order valence-corrected chi connectivity index (χ1v) is 12.8. The first-order chi connectivity index (χ1) is 18.3. The lowest BCUT2D eigenvalue weighted by Crippen LogP contribution is -2.44. The summed E-state index contributed by atoms with van der Waals surface area (Å²) in [5, 5.41) is 11.3. The third-order valence-electron chi connectivity index (χ3n) is 6.96. The quantitative estimate of drug-likeness (QED) is 0.300. The first kappa shape index (κ1) is 25.5. The van der Waals surface area contributed by atoms with Crippen LogP contribution in [0.15, 0.2) is 78.6 Å². The van der Waals surface area contributed by atoms with Crippen LogP contribution in [0.5, 0.6) is 5.75 Å². The van der Waals surface area contributed by atoms with Crippen molar-refractivity contribution in [1.29, 1.82) is 0 Å². The van der Waals surface area contributed by atoms with E-state index in [-0.39, 0.29) is 17.4 Å². The SMILES string of the molecule is CC(C)Oc1ccc(/C(O)=C2\C(=O)C(=O)N(c3ccc(N4CCN(C)CC4)cc3)C2c2ccncc2)cc1. The maximum absolute atomic E-state index is 13.4.